The van der Waals surface area contributed by atoms with Crippen LogP contribution in [0.4, 0.5) is 0 Å². The molecule has 0 spiro atoms. The first-order valence-corrected chi connectivity index (χ1v) is 13.6. The standard InChI is InChI=1S/C30H39N3O3/c1-2-3-10-22-16-18-24(19-17-22)30(36)33-20-9-13-25(21-33)29(35)32-27-15-8-7-14-26(27)31-28(34)23-11-5-4-6-12-23/h4-6,11-12,16-19,25-27H,2-3,7-10,13-15,20-21H2,1H3,(H,31,34)(H,32,35)/t25-,26-,27-/m1/s1. The molecule has 3 atom stereocenters. The summed E-state index contributed by atoms with van der Waals surface area (Å²) in [5.41, 5.74) is 2.57. The Hall–Kier alpha value is -3.15. The van der Waals surface area contributed by atoms with Crippen LogP contribution in [0.1, 0.15) is 84.6 Å². The van der Waals surface area contributed by atoms with Crippen molar-refractivity contribution < 1.29 is 14.4 Å². The van der Waals surface area contributed by atoms with Crippen LogP contribution in [-0.2, 0) is 11.2 Å². The Balaban J connectivity index is 1.33. The summed E-state index contributed by atoms with van der Waals surface area (Å²) in [5.74, 6) is -0.329. The monoisotopic (exact) mass is 489 g/mol. The fourth-order valence-corrected chi connectivity index (χ4v) is 5.37. The summed E-state index contributed by atoms with van der Waals surface area (Å²) >= 11 is 0. The Labute approximate surface area is 214 Å². The number of likely N-dealkylation sites (tertiary alicyclic amines) is 1. The number of amides is 3. The Kier molecular flexibility index (Phi) is 9.15. The molecule has 1 saturated heterocycles. The van der Waals surface area contributed by atoms with Crippen molar-refractivity contribution in [1.82, 2.24) is 15.5 Å². The van der Waals surface area contributed by atoms with Crippen LogP contribution in [0.2, 0.25) is 0 Å². The SMILES string of the molecule is CCCCc1ccc(C(=O)N2CCC[C@@H](C(=O)N[C@@H]3CCCC[C@H]3NC(=O)c3ccccc3)C2)cc1. The average Bonchev–Trinajstić information content (AvgIpc) is 2.93. The van der Waals surface area contributed by atoms with Crippen LogP contribution in [0.15, 0.2) is 54.6 Å². The fourth-order valence-electron chi connectivity index (χ4n) is 5.37. The van der Waals surface area contributed by atoms with Crippen molar-refractivity contribution in [3.63, 3.8) is 0 Å². The third-order valence-corrected chi connectivity index (χ3v) is 7.55. The second kappa shape index (κ2) is 12.7. The number of nitrogens with one attached hydrogen (secondary N) is 2. The van der Waals surface area contributed by atoms with E-state index in [0.717, 1.165) is 57.8 Å². The second-order valence-corrected chi connectivity index (χ2v) is 10.2. The summed E-state index contributed by atoms with van der Waals surface area (Å²) in [6.45, 7) is 3.30. The topological polar surface area (TPSA) is 78.5 Å². The molecule has 36 heavy (non-hydrogen) atoms. The Morgan fingerprint density at radius 3 is 2.22 bits per heavy atom. The molecule has 0 aromatic heterocycles. The number of carbonyl (C=O) groups excluding carboxylic acids is 3. The number of nitrogens with zero attached hydrogens (tertiary/aromatic N) is 1. The Morgan fingerprint density at radius 2 is 1.53 bits per heavy atom. The first kappa shape index (κ1) is 25.9. The van der Waals surface area contributed by atoms with Gasteiger partial charge in [-0.3, -0.25) is 14.4 Å². The second-order valence-electron chi connectivity index (χ2n) is 10.2. The highest BCUT2D eigenvalue weighted by atomic mass is 16.2. The maximum Gasteiger partial charge on any atom is 0.253 e. The van der Waals surface area contributed by atoms with Gasteiger partial charge in [0.2, 0.25) is 5.91 Å². The van der Waals surface area contributed by atoms with Crippen LogP contribution in [0.5, 0.6) is 0 Å². The highest BCUT2D eigenvalue weighted by Gasteiger charge is 2.33. The zero-order chi connectivity index (χ0) is 25.3. The van der Waals surface area contributed by atoms with Gasteiger partial charge in [-0.2, -0.15) is 0 Å². The molecule has 2 aliphatic rings. The summed E-state index contributed by atoms with van der Waals surface area (Å²) in [6.07, 6.45) is 8.70. The summed E-state index contributed by atoms with van der Waals surface area (Å²) in [6, 6.07) is 17.0. The van der Waals surface area contributed by atoms with E-state index >= 15 is 0 Å². The van der Waals surface area contributed by atoms with Gasteiger partial charge in [-0.05, 0) is 68.4 Å². The minimum Gasteiger partial charge on any atom is -0.351 e. The third kappa shape index (κ3) is 6.74. The molecule has 192 valence electrons. The van der Waals surface area contributed by atoms with Crippen molar-refractivity contribution in [3.05, 3.63) is 71.3 Å². The lowest BCUT2D eigenvalue weighted by Gasteiger charge is -2.36. The highest BCUT2D eigenvalue weighted by Crippen LogP contribution is 2.23. The lowest BCUT2D eigenvalue weighted by Crippen LogP contribution is -2.55. The molecule has 1 aliphatic carbocycles. The molecule has 1 saturated carbocycles. The number of aryl methyl sites for hydroxylation is 1. The first-order valence-electron chi connectivity index (χ1n) is 13.6. The van der Waals surface area contributed by atoms with Crippen molar-refractivity contribution in [2.45, 2.75) is 76.8 Å². The summed E-state index contributed by atoms with van der Waals surface area (Å²) in [4.78, 5) is 40.9. The number of hydrogen-bond donors (Lipinski definition) is 2. The van der Waals surface area contributed by atoms with Crippen LogP contribution < -0.4 is 10.6 Å². The lowest BCUT2D eigenvalue weighted by molar-refractivity contribution is -0.127. The third-order valence-electron chi connectivity index (χ3n) is 7.55. The maximum atomic E-state index is 13.3. The van der Waals surface area contributed by atoms with E-state index in [-0.39, 0.29) is 35.7 Å². The van der Waals surface area contributed by atoms with Gasteiger partial charge in [0, 0.05) is 36.3 Å². The maximum absolute atomic E-state index is 13.3. The van der Waals surface area contributed by atoms with E-state index < -0.39 is 0 Å². The van der Waals surface area contributed by atoms with Gasteiger partial charge >= 0.3 is 0 Å². The van der Waals surface area contributed by atoms with Gasteiger partial charge in [-0.25, -0.2) is 0 Å². The minimum atomic E-state index is -0.223. The molecular weight excluding hydrogens is 450 g/mol. The zero-order valence-corrected chi connectivity index (χ0v) is 21.4. The molecule has 2 fully saturated rings. The van der Waals surface area contributed by atoms with E-state index in [1.807, 2.05) is 47.4 Å². The highest BCUT2D eigenvalue weighted by molar-refractivity contribution is 5.95. The molecule has 1 heterocycles. The smallest absolute Gasteiger partial charge is 0.253 e. The minimum absolute atomic E-state index is 0.000193. The summed E-state index contributed by atoms with van der Waals surface area (Å²) in [5, 5.41) is 6.37. The van der Waals surface area contributed by atoms with Crippen molar-refractivity contribution in [2.75, 3.05) is 13.1 Å². The van der Waals surface area contributed by atoms with Crippen molar-refractivity contribution in [3.8, 4) is 0 Å². The Bertz CT molecular complexity index is 1020. The Morgan fingerprint density at radius 1 is 0.833 bits per heavy atom. The fraction of sp³-hybridized carbons (Fsp3) is 0.500. The van der Waals surface area contributed by atoms with Crippen LogP contribution in [0.25, 0.3) is 0 Å². The molecular formula is C30H39N3O3. The van der Waals surface area contributed by atoms with E-state index in [2.05, 4.69) is 17.6 Å². The summed E-state index contributed by atoms with van der Waals surface area (Å²) in [7, 11) is 0. The van der Waals surface area contributed by atoms with Gasteiger partial charge in [0.1, 0.15) is 0 Å². The van der Waals surface area contributed by atoms with Gasteiger partial charge in [0.15, 0.2) is 0 Å². The van der Waals surface area contributed by atoms with Crippen molar-refractivity contribution in [1.29, 1.82) is 0 Å². The largest absolute Gasteiger partial charge is 0.351 e. The van der Waals surface area contributed by atoms with Crippen LogP contribution >= 0.6 is 0 Å². The van der Waals surface area contributed by atoms with E-state index in [1.54, 1.807) is 12.1 Å². The molecule has 0 unspecified atom stereocenters. The van der Waals surface area contributed by atoms with Crippen LogP contribution in [0, 0.1) is 5.92 Å². The van der Waals surface area contributed by atoms with Gasteiger partial charge in [-0.15, -0.1) is 0 Å². The first-order chi connectivity index (χ1) is 17.5. The van der Waals surface area contributed by atoms with Gasteiger partial charge in [0.25, 0.3) is 11.8 Å². The van der Waals surface area contributed by atoms with E-state index in [1.165, 1.54) is 5.56 Å². The van der Waals surface area contributed by atoms with Crippen LogP contribution in [0.3, 0.4) is 0 Å². The molecule has 6 heteroatoms. The quantitative estimate of drug-likeness (QED) is 0.562. The van der Waals surface area contributed by atoms with E-state index in [4.69, 9.17) is 0 Å². The van der Waals surface area contributed by atoms with Crippen LogP contribution in [-0.4, -0.2) is 47.8 Å². The number of rotatable bonds is 8. The number of unbranched alkanes of at least 4 members (excludes halogenated alkanes) is 1. The lowest BCUT2D eigenvalue weighted by atomic mass is 9.88. The predicted molar refractivity (Wildman–Crippen MR) is 142 cm³/mol. The predicted octanol–water partition coefficient (Wildman–Crippen LogP) is 4.74. The molecule has 3 amide bonds. The molecule has 0 bridgehead atoms. The molecule has 2 aromatic carbocycles. The zero-order valence-electron chi connectivity index (χ0n) is 21.4. The normalized spacial score (nSPS) is 22.0. The molecule has 0 radical (unpaired) electrons. The average molecular weight is 490 g/mol. The van der Waals surface area contributed by atoms with E-state index in [9.17, 15) is 14.4 Å². The molecule has 2 N–H and O–H groups in total. The van der Waals surface area contributed by atoms with Gasteiger partial charge in [0.05, 0.1) is 5.92 Å². The van der Waals surface area contributed by atoms with Crippen molar-refractivity contribution in [2.24, 2.45) is 5.92 Å². The number of hydrogen-bond acceptors (Lipinski definition) is 3. The number of piperidine rings is 1. The number of carbonyl (C=O) groups is 3. The molecule has 1 aliphatic heterocycles. The molecule has 4 rings (SSSR count). The van der Waals surface area contributed by atoms with Gasteiger partial charge in [-0.1, -0.05) is 56.5 Å². The molecule has 6 nitrogen and oxygen atoms in total. The number of benzene rings is 2. The van der Waals surface area contributed by atoms with Gasteiger partial charge < -0.3 is 15.5 Å². The molecule has 2 aromatic rings. The van der Waals surface area contributed by atoms with Crippen molar-refractivity contribution >= 4 is 17.7 Å². The van der Waals surface area contributed by atoms with E-state index in [0.29, 0.717) is 24.2 Å². The summed E-state index contributed by atoms with van der Waals surface area (Å²) < 4.78 is 0.